The Morgan fingerprint density at radius 3 is 2.41 bits per heavy atom. The highest BCUT2D eigenvalue weighted by molar-refractivity contribution is 9.10. The number of nitrogens with two attached hydrogens (primary N) is 1. The summed E-state index contributed by atoms with van der Waals surface area (Å²) in [4.78, 5) is 0. The van der Waals surface area contributed by atoms with Gasteiger partial charge in [0, 0.05) is 11.3 Å². The first kappa shape index (κ1) is 11.9. The van der Waals surface area contributed by atoms with Crippen LogP contribution in [0.2, 0.25) is 0 Å². The average Bonchev–Trinajstić information content (AvgIpc) is 2.34. The van der Waals surface area contributed by atoms with Gasteiger partial charge in [-0.05, 0) is 45.8 Å². The lowest BCUT2D eigenvalue weighted by atomic mass is 10.0. The highest BCUT2D eigenvalue weighted by Crippen LogP contribution is 2.31. The molecule has 2 aromatic carbocycles. The summed E-state index contributed by atoms with van der Waals surface area (Å²) in [5.41, 5.74) is 7.45. The first-order valence-electron chi connectivity index (χ1n) is 5.01. The van der Waals surface area contributed by atoms with Crippen LogP contribution in [0.15, 0.2) is 40.9 Å². The van der Waals surface area contributed by atoms with Crippen molar-refractivity contribution >= 4 is 21.6 Å². The largest absolute Gasteiger partial charge is 0.497 e. The van der Waals surface area contributed by atoms with Crippen molar-refractivity contribution in [1.82, 2.24) is 0 Å². The molecule has 4 heteroatoms. The second-order valence-corrected chi connectivity index (χ2v) is 4.45. The van der Waals surface area contributed by atoms with Gasteiger partial charge < -0.3 is 10.5 Å². The van der Waals surface area contributed by atoms with Crippen molar-refractivity contribution < 1.29 is 9.13 Å². The van der Waals surface area contributed by atoms with Crippen LogP contribution in [0.4, 0.5) is 10.1 Å². The Bertz CT molecular complexity index is 540. The van der Waals surface area contributed by atoms with E-state index in [1.54, 1.807) is 43.5 Å². The minimum atomic E-state index is -0.315. The van der Waals surface area contributed by atoms with Crippen LogP contribution in [-0.2, 0) is 0 Å². The molecule has 0 radical (unpaired) electrons. The number of hydrogen-bond acceptors (Lipinski definition) is 2. The molecule has 0 amide bonds. The van der Waals surface area contributed by atoms with Gasteiger partial charge in [0.1, 0.15) is 11.6 Å². The minimum Gasteiger partial charge on any atom is -0.497 e. The van der Waals surface area contributed by atoms with Crippen LogP contribution in [0.3, 0.4) is 0 Å². The van der Waals surface area contributed by atoms with Crippen molar-refractivity contribution in [3.8, 4) is 16.9 Å². The lowest BCUT2D eigenvalue weighted by Crippen LogP contribution is -1.92. The molecule has 0 spiro atoms. The third-order valence-corrected chi connectivity index (χ3v) is 3.03. The second kappa shape index (κ2) is 4.75. The fraction of sp³-hybridized carbons (Fsp3) is 0.0769. The van der Waals surface area contributed by atoms with Gasteiger partial charge in [0.15, 0.2) is 0 Å². The molecule has 0 fully saturated rings. The number of halogens is 2. The summed E-state index contributed by atoms with van der Waals surface area (Å²) in [5.74, 6) is 0.418. The first-order valence-corrected chi connectivity index (χ1v) is 5.80. The molecule has 0 saturated heterocycles. The Morgan fingerprint density at radius 2 is 1.82 bits per heavy atom. The molecule has 2 N–H and O–H groups in total. The molecule has 2 aromatic rings. The maximum absolute atomic E-state index is 13.9. The van der Waals surface area contributed by atoms with Crippen LogP contribution >= 0.6 is 15.9 Å². The molecular weight excluding hydrogens is 285 g/mol. The zero-order valence-corrected chi connectivity index (χ0v) is 10.8. The fourth-order valence-electron chi connectivity index (χ4n) is 1.59. The van der Waals surface area contributed by atoms with E-state index in [9.17, 15) is 4.39 Å². The molecular formula is C13H11BrFNO. The van der Waals surface area contributed by atoms with Gasteiger partial charge in [-0.2, -0.15) is 0 Å². The van der Waals surface area contributed by atoms with Crippen molar-refractivity contribution in [3.63, 3.8) is 0 Å². The number of methoxy groups -OCH3 is 1. The van der Waals surface area contributed by atoms with Crippen LogP contribution in [0.5, 0.6) is 5.75 Å². The number of nitrogen functional groups attached to an aromatic ring is 1. The summed E-state index contributed by atoms with van der Waals surface area (Å²) in [6.45, 7) is 0. The Kier molecular flexibility index (Phi) is 3.33. The molecule has 2 nitrogen and oxygen atoms in total. The van der Waals surface area contributed by atoms with E-state index in [1.165, 1.54) is 0 Å². The van der Waals surface area contributed by atoms with Crippen LogP contribution in [0.25, 0.3) is 11.1 Å². The fourth-order valence-corrected chi connectivity index (χ4v) is 2.07. The van der Waals surface area contributed by atoms with E-state index in [2.05, 4.69) is 15.9 Å². The normalized spacial score (nSPS) is 10.3. The van der Waals surface area contributed by atoms with Crippen LogP contribution in [0.1, 0.15) is 0 Å². The van der Waals surface area contributed by atoms with Crippen molar-refractivity contribution in [2.24, 2.45) is 0 Å². The number of anilines is 1. The lowest BCUT2D eigenvalue weighted by Gasteiger charge is -2.07. The van der Waals surface area contributed by atoms with E-state index in [1.807, 2.05) is 0 Å². The number of benzene rings is 2. The van der Waals surface area contributed by atoms with Gasteiger partial charge in [-0.1, -0.05) is 12.1 Å². The number of rotatable bonds is 2. The maximum Gasteiger partial charge on any atom is 0.145 e. The summed E-state index contributed by atoms with van der Waals surface area (Å²) in [6, 6.07) is 10.3. The van der Waals surface area contributed by atoms with Crippen LogP contribution < -0.4 is 10.5 Å². The molecule has 17 heavy (non-hydrogen) atoms. The predicted octanol–water partition coefficient (Wildman–Crippen LogP) is 3.85. The molecule has 0 heterocycles. The van der Waals surface area contributed by atoms with Crippen molar-refractivity contribution in [1.29, 1.82) is 0 Å². The molecule has 0 bridgehead atoms. The molecule has 0 saturated carbocycles. The summed E-state index contributed by atoms with van der Waals surface area (Å²) < 4.78 is 19.3. The van der Waals surface area contributed by atoms with E-state index in [4.69, 9.17) is 10.5 Å². The summed E-state index contributed by atoms with van der Waals surface area (Å²) in [5, 5.41) is 0. The van der Waals surface area contributed by atoms with E-state index in [-0.39, 0.29) is 5.82 Å². The SMILES string of the molecule is COc1ccc(-c2cc(N)cc(Br)c2F)cc1. The second-order valence-electron chi connectivity index (χ2n) is 3.59. The van der Waals surface area contributed by atoms with Gasteiger partial charge >= 0.3 is 0 Å². The van der Waals surface area contributed by atoms with E-state index in [0.29, 0.717) is 15.7 Å². The molecule has 0 aliphatic rings. The van der Waals surface area contributed by atoms with Crippen LogP contribution in [-0.4, -0.2) is 7.11 Å². The quantitative estimate of drug-likeness (QED) is 0.854. The standard InChI is InChI=1S/C13H11BrFNO/c1-17-10-4-2-8(3-5-10)11-6-9(16)7-12(14)13(11)15/h2-7H,16H2,1H3. The molecule has 0 aliphatic heterocycles. The van der Waals surface area contributed by atoms with Gasteiger partial charge in [-0.25, -0.2) is 4.39 Å². The van der Waals surface area contributed by atoms with Gasteiger partial charge in [0.05, 0.1) is 11.6 Å². The van der Waals surface area contributed by atoms with E-state index < -0.39 is 0 Å². The Hall–Kier alpha value is -1.55. The highest BCUT2D eigenvalue weighted by atomic mass is 79.9. The van der Waals surface area contributed by atoms with Gasteiger partial charge in [0.25, 0.3) is 0 Å². The topological polar surface area (TPSA) is 35.2 Å². The Labute approximate surface area is 107 Å². The highest BCUT2D eigenvalue weighted by Gasteiger charge is 2.10. The van der Waals surface area contributed by atoms with E-state index >= 15 is 0 Å². The minimum absolute atomic E-state index is 0.315. The van der Waals surface area contributed by atoms with Crippen molar-refractivity contribution in [2.75, 3.05) is 12.8 Å². The first-order chi connectivity index (χ1) is 8.11. The summed E-state index contributed by atoms with van der Waals surface area (Å²) >= 11 is 3.14. The summed E-state index contributed by atoms with van der Waals surface area (Å²) in [7, 11) is 1.59. The molecule has 0 aliphatic carbocycles. The molecule has 88 valence electrons. The van der Waals surface area contributed by atoms with Gasteiger partial charge in [0.2, 0.25) is 0 Å². The Balaban J connectivity index is 2.52. The summed E-state index contributed by atoms with van der Waals surface area (Å²) in [6.07, 6.45) is 0. The number of hydrogen-bond donors (Lipinski definition) is 1. The predicted molar refractivity (Wildman–Crippen MR) is 70.5 cm³/mol. The van der Waals surface area contributed by atoms with Crippen molar-refractivity contribution in [2.45, 2.75) is 0 Å². The Morgan fingerprint density at radius 1 is 1.18 bits per heavy atom. The number of ether oxygens (including phenoxy) is 1. The van der Waals surface area contributed by atoms with Crippen LogP contribution in [0, 0.1) is 5.82 Å². The van der Waals surface area contributed by atoms with Crippen molar-refractivity contribution in [3.05, 3.63) is 46.7 Å². The average molecular weight is 296 g/mol. The molecule has 2 rings (SSSR count). The monoisotopic (exact) mass is 295 g/mol. The maximum atomic E-state index is 13.9. The molecule has 0 aromatic heterocycles. The molecule has 0 atom stereocenters. The third-order valence-electron chi connectivity index (χ3n) is 2.45. The van der Waals surface area contributed by atoms with Gasteiger partial charge in [-0.3, -0.25) is 0 Å². The lowest BCUT2D eigenvalue weighted by molar-refractivity contribution is 0.415. The zero-order valence-electron chi connectivity index (χ0n) is 9.21. The van der Waals surface area contributed by atoms with Gasteiger partial charge in [-0.15, -0.1) is 0 Å². The van der Waals surface area contributed by atoms with E-state index in [0.717, 1.165) is 11.3 Å². The third kappa shape index (κ3) is 2.42. The zero-order chi connectivity index (χ0) is 12.4. The smallest absolute Gasteiger partial charge is 0.145 e. The molecule has 0 unspecified atom stereocenters.